The number of aryl methyl sites for hydroxylation is 2. The van der Waals surface area contributed by atoms with Gasteiger partial charge in [-0.05, 0) is 49.9 Å². The maximum absolute atomic E-state index is 13.3. The van der Waals surface area contributed by atoms with E-state index in [4.69, 9.17) is 4.52 Å². The Hall–Kier alpha value is -1.93. The molecule has 2 heterocycles. The van der Waals surface area contributed by atoms with Crippen LogP contribution in [0.25, 0.3) is 0 Å². The summed E-state index contributed by atoms with van der Waals surface area (Å²) in [6, 6.07) is 2.51. The van der Waals surface area contributed by atoms with Crippen molar-refractivity contribution in [3.63, 3.8) is 0 Å². The minimum absolute atomic E-state index is 0.194. The number of benzene rings is 1. The van der Waals surface area contributed by atoms with Gasteiger partial charge in [0.15, 0.2) is 5.82 Å². The summed E-state index contributed by atoms with van der Waals surface area (Å²) < 4.78 is 33.6. The van der Waals surface area contributed by atoms with Crippen molar-refractivity contribution in [1.29, 1.82) is 0 Å². The summed E-state index contributed by atoms with van der Waals surface area (Å²) in [4.78, 5) is 6.81. The number of nitrogens with zero attached hydrogens (tertiary/aromatic N) is 4. The lowest BCUT2D eigenvalue weighted by molar-refractivity contribution is 0.352. The average Bonchev–Trinajstić information content (AvgIpc) is 3.10. The second kappa shape index (κ2) is 7.24. The number of hydrogen-bond acceptors (Lipinski definition) is 6. The van der Waals surface area contributed by atoms with Gasteiger partial charge in [-0.15, -0.1) is 0 Å². The lowest BCUT2D eigenvalue weighted by atomic mass is 10.0. The Morgan fingerprint density at radius 3 is 2.04 bits per heavy atom. The van der Waals surface area contributed by atoms with Crippen LogP contribution in [-0.2, 0) is 10.0 Å². The molecule has 7 nitrogen and oxygen atoms in total. The third-order valence-electron chi connectivity index (χ3n) is 5.35. The number of aromatic nitrogens is 2. The molecule has 0 saturated carbocycles. The molecule has 1 saturated heterocycles. The van der Waals surface area contributed by atoms with Gasteiger partial charge < -0.3 is 9.42 Å². The molecule has 0 aliphatic carbocycles. The molecule has 1 fully saturated rings. The Balaban J connectivity index is 1.81. The van der Waals surface area contributed by atoms with E-state index in [1.165, 1.54) is 0 Å². The summed E-state index contributed by atoms with van der Waals surface area (Å²) in [6.07, 6.45) is 0. The Bertz CT molecular complexity index is 916. The van der Waals surface area contributed by atoms with Crippen LogP contribution in [0, 0.1) is 27.7 Å². The first-order valence-corrected chi connectivity index (χ1v) is 10.7. The Morgan fingerprint density at radius 2 is 1.56 bits per heavy atom. The Kier molecular flexibility index (Phi) is 5.31. The van der Waals surface area contributed by atoms with E-state index in [0.29, 0.717) is 42.9 Å². The zero-order chi connectivity index (χ0) is 19.9. The highest BCUT2D eigenvalue weighted by atomic mass is 32.2. The standard InChI is InChI=1S/C19H28N4O3S/c1-12(2)18-20-19(26-21-18)22-7-9-23(10-8-22)27(24,25)17-15(5)13(3)11-14(4)16(17)6/h11-12H,7-10H2,1-6H3. The minimum Gasteiger partial charge on any atom is -0.322 e. The van der Waals surface area contributed by atoms with E-state index in [1.807, 2.05) is 52.5 Å². The van der Waals surface area contributed by atoms with Crippen molar-refractivity contribution >= 4 is 16.0 Å². The summed E-state index contributed by atoms with van der Waals surface area (Å²) in [5.41, 5.74) is 3.67. The topological polar surface area (TPSA) is 79.5 Å². The average molecular weight is 393 g/mol. The summed E-state index contributed by atoms with van der Waals surface area (Å²) in [5.74, 6) is 0.862. The fourth-order valence-electron chi connectivity index (χ4n) is 3.41. The molecule has 27 heavy (non-hydrogen) atoms. The molecule has 0 radical (unpaired) electrons. The molecule has 1 aliphatic rings. The van der Waals surface area contributed by atoms with Crippen LogP contribution in [-0.4, -0.2) is 49.0 Å². The molecule has 3 rings (SSSR count). The maximum atomic E-state index is 13.3. The summed E-state index contributed by atoms with van der Waals surface area (Å²) in [7, 11) is -3.54. The molecular formula is C19H28N4O3S. The first kappa shape index (κ1) is 19.8. The van der Waals surface area contributed by atoms with Gasteiger partial charge >= 0.3 is 6.01 Å². The third-order valence-corrected chi connectivity index (χ3v) is 7.52. The van der Waals surface area contributed by atoms with E-state index in [-0.39, 0.29) is 5.92 Å². The van der Waals surface area contributed by atoms with E-state index in [1.54, 1.807) is 4.31 Å². The second-order valence-corrected chi connectivity index (χ2v) is 9.45. The predicted molar refractivity (Wildman–Crippen MR) is 105 cm³/mol. The van der Waals surface area contributed by atoms with E-state index in [9.17, 15) is 8.42 Å². The van der Waals surface area contributed by atoms with Gasteiger partial charge in [0.1, 0.15) is 0 Å². The first-order valence-electron chi connectivity index (χ1n) is 9.29. The smallest absolute Gasteiger partial charge is 0.322 e. The lowest BCUT2D eigenvalue weighted by Gasteiger charge is -2.33. The van der Waals surface area contributed by atoms with Gasteiger partial charge in [-0.3, -0.25) is 0 Å². The van der Waals surface area contributed by atoms with Crippen LogP contribution < -0.4 is 4.90 Å². The maximum Gasteiger partial charge on any atom is 0.324 e. The molecule has 2 aromatic rings. The number of anilines is 1. The molecule has 0 amide bonds. The van der Waals surface area contributed by atoms with Gasteiger partial charge in [-0.2, -0.15) is 9.29 Å². The fourth-order valence-corrected chi connectivity index (χ4v) is 5.40. The first-order chi connectivity index (χ1) is 12.6. The van der Waals surface area contributed by atoms with Crippen molar-refractivity contribution in [2.75, 3.05) is 31.1 Å². The van der Waals surface area contributed by atoms with Crippen LogP contribution in [0.15, 0.2) is 15.5 Å². The molecule has 1 aromatic heterocycles. The van der Waals surface area contributed by atoms with Crippen LogP contribution in [0.1, 0.15) is 47.8 Å². The minimum atomic E-state index is -3.54. The highest BCUT2D eigenvalue weighted by molar-refractivity contribution is 7.89. The lowest BCUT2D eigenvalue weighted by Crippen LogP contribution is -2.49. The molecule has 148 valence electrons. The van der Waals surface area contributed by atoms with Crippen molar-refractivity contribution in [3.05, 3.63) is 34.1 Å². The molecular weight excluding hydrogens is 364 g/mol. The van der Waals surface area contributed by atoms with Crippen molar-refractivity contribution < 1.29 is 12.9 Å². The van der Waals surface area contributed by atoms with Crippen LogP contribution in [0.2, 0.25) is 0 Å². The predicted octanol–water partition coefficient (Wildman–Crippen LogP) is 2.94. The molecule has 0 bridgehead atoms. The highest BCUT2D eigenvalue weighted by Crippen LogP contribution is 2.29. The summed E-state index contributed by atoms with van der Waals surface area (Å²) in [5, 5.41) is 3.99. The zero-order valence-electron chi connectivity index (χ0n) is 16.9. The van der Waals surface area contributed by atoms with Gasteiger partial charge in [0, 0.05) is 32.1 Å². The fraction of sp³-hybridized carbons (Fsp3) is 0.579. The molecule has 0 unspecified atom stereocenters. The van der Waals surface area contributed by atoms with Gasteiger partial charge in [0.05, 0.1) is 4.90 Å². The van der Waals surface area contributed by atoms with Crippen LogP contribution in [0.5, 0.6) is 0 Å². The van der Waals surface area contributed by atoms with Gasteiger partial charge in [0.2, 0.25) is 10.0 Å². The molecule has 0 spiro atoms. The van der Waals surface area contributed by atoms with Gasteiger partial charge in [-0.25, -0.2) is 8.42 Å². The van der Waals surface area contributed by atoms with Gasteiger partial charge in [0.25, 0.3) is 0 Å². The van der Waals surface area contributed by atoms with Crippen molar-refractivity contribution in [1.82, 2.24) is 14.4 Å². The van der Waals surface area contributed by atoms with E-state index < -0.39 is 10.0 Å². The number of piperazine rings is 1. The molecule has 0 N–H and O–H groups in total. The SMILES string of the molecule is Cc1cc(C)c(C)c(S(=O)(=O)N2CCN(c3nc(C(C)C)no3)CC2)c1C. The molecule has 1 aliphatic heterocycles. The van der Waals surface area contributed by atoms with Crippen molar-refractivity contribution in [2.45, 2.75) is 52.4 Å². The second-order valence-electron chi connectivity index (χ2n) is 7.57. The zero-order valence-corrected chi connectivity index (χ0v) is 17.7. The third kappa shape index (κ3) is 3.60. The normalized spacial score (nSPS) is 16.3. The number of rotatable bonds is 4. The van der Waals surface area contributed by atoms with Crippen LogP contribution in [0.3, 0.4) is 0 Å². The van der Waals surface area contributed by atoms with E-state index in [2.05, 4.69) is 10.1 Å². The van der Waals surface area contributed by atoms with E-state index >= 15 is 0 Å². The highest BCUT2D eigenvalue weighted by Gasteiger charge is 2.33. The Labute approximate surface area is 161 Å². The summed E-state index contributed by atoms with van der Waals surface area (Å²) in [6.45, 7) is 13.6. The Morgan fingerprint density at radius 1 is 1.00 bits per heavy atom. The quantitative estimate of drug-likeness (QED) is 0.796. The number of hydrogen-bond donors (Lipinski definition) is 0. The van der Waals surface area contributed by atoms with Crippen molar-refractivity contribution in [2.24, 2.45) is 0 Å². The molecule has 8 heteroatoms. The van der Waals surface area contributed by atoms with E-state index in [0.717, 1.165) is 22.3 Å². The van der Waals surface area contributed by atoms with Gasteiger partial charge in [-0.1, -0.05) is 25.1 Å². The van der Waals surface area contributed by atoms with Crippen LogP contribution in [0.4, 0.5) is 6.01 Å². The van der Waals surface area contributed by atoms with Crippen molar-refractivity contribution in [3.8, 4) is 0 Å². The monoisotopic (exact) mass is 392 g/mol. The largest absolute Gasteiger partial charge is 0.324 e. The van der Waals surface area contributed by atoms with Crippen LogP contribution >= 0.6 is 0 Å². The number of sulfonamides is 1. The molecule has 0 atom stereocenters. The molecule has 1 aromatic carbocycles. The summed E-state index contributed by atoms with van der Waals surface area (Å²) >= 11 is 0.